The Hall–Kier alpha value is -1.79. The Balaban J connectivity index is 0.00000242. The van der Waals surface area contributed by atoms with Crippen molar-refractivity contribution in [3.8, 4) is 5.75 Å². The minimum atomic E-state index is -0.186. The van der Waals surface area contributed by atoms with Gasteiger partial charge in [-0.1, -0.05) is 0 Å². The molecule has 1 aromatic carbocycles. The number of hydrogen-bond acceptors (Lipinski definition) is 4. The highest BCUT2D eigenvalue weighted by Gasteiger charge is 2.20. The number of benzene rings is 1. The second-order valence-corrected chi connectivity index (χ2v) is 5.11. The number of ether oxygens (including phenoxy) is 1. The van der Waals surface area contributed by atoms with Gasteiger partial charge in [0.15, 0.2) is 6.61 Å². The maximum absolute atomic E-state index is 11.7. The van der Waals surface area contributed by atoms with Crippen molar-refractivity contribution in [2.24, 2.45) is 5.92 Å². The van der Waals surface area contributed by atoms with Crippen molar-refractivity contribution in [3.63, 3.8) is 0 Å². The zero-order valence-electron chi connectivity index (χ0n) is 12.6. The van der Waals surface area contributed by atoms with Gasteiger partial charge >= 0.3 is 0 Å². The number of nitrogens with one attached hydrogen (secondary N) is 3. The van der Waals surface area contributed by atoms with E-state index in [9.17, 15) is 9.59 Å². The topological polar surface area (TPSA) is 79.5 Å². The summed E-state index contributed by atoms with van der Waals surface area (Å²) in [5.74, 6) is 1.10. The van der Waals surface area contributed by atoms with Crippen LogP contribution >= 0.6 is 12.4 Å². The fraction of sp³-hybridized carbons (Fsp3) is 0.467. The van der Waals surface area contributed by atoms with Gasteiger partial charge in [0.05, 0.1) is 6.54 Å². The molecule has 0 aliphatic heterocycles. The molecule has 2 amide bonds. The summed E-state index contributed by atoms with van der Waals surface area (Å²) in [6, 6.07) is 6.93. The van der Waals surface area contributed by atoms with Crippen LogP contribution in [0, 0.1) is 5.92 Å². The van der Waals surface area contributed by atoms with Crippen LogP contribution in [0.15, 0.2) is 24.3 Å². The van der Waals surface area contributed by atoms with E-state index in [1.165, 1.54) is 12.8 Å². The molecule has 1 aliphatic rings. The molecule has 0 unspecified atom stereocenters. The lowest BCUT2D eigenvalue weighted by Gasteiger charge is -2.08. The van der Waals surface area contributed by atoms with Gasteiger partial charge in [-0.25, -0.2) is 0 Å². The van der Waals surface area contributed by atoms with Crippen LogP contribution in [-0.2, 0) is 9.59 Å². The van der Waals surface area contributed by atoms with Crippen molar-refractivity contribution in [2.75, 3.05) is 32.1 Å². The molecule has 3 N–H and O–H groups in total. The van der Waals surface area contributed by atoms with Crippen LogP contribution in [-0.4, -0.2) is 38.6 Å². The van der Waals surface area contributed by atoms with E-state index in [2.05, 4.69) is 16.0 Å². The molecule has 2 rings (SSSR count). The van der Waals surface area contributed by atoms with Crippen molar-refractivity contribution >= 4 is 29.9 Å². The highest BCUT2D eigenvalue weighted by Crippen LogP contribution is 2.27. The smallest absolute Gasteiger partial charge is 0.257 e. The standard InChI is InChI=1S/C15H21N3O3.ClH/c1-16-15(20)10-21-13-6-4-12(5-7-13)18-14(19)9-17-8-11-2-3-11;/h4-7,11,17H,2-3,8-10H2,1H3,(H,16,20)(H,18,19);1H. The molecule has 0 atom stereocenters. The molecule has 1 aromatic rings. The van der Waals surface area contributed by atoms with Crippen LogP contribution in [0.4, 0.5) is 5.69 Å². The summed E-state index contributed by atoms with van der Waals surface area (Å²) in [7, 11) is 1.56. The quantitative estimate of drug-likeness (QED) is 0.669. The Kier molecular flexibility index (Phi) is 7.70. The van der Waals surface area contributed by atoms with E-state index in [0.29, 0.717) is 18.0 Å². The Morgan fingerprint density at radius 1 is 1.18 bits per heavy atom. The molecule has 0 aromatic heterocycles. The molecule has 0 saturated heterocycles. The van der Waals surface area contributed by atoms with Crippen molar-refractivity contribution in [1.82, 2.24) is 10.6 Å². The molecular formula is C15H22ClN3O3. The van der Waals surface area contributed by atoms with Gasteiger partial charge in [0.2, 0.25) is 5.91 Å². The van der Waals surface area contributed by atoms with Gasteiger partial charge < -0.3 is 20.7 Å². The van der Waals surface area contributed by atoms with E-state index < -0.39 is 0 Å². The van der Waals surface area contributed by atoms with Gasteiger partial charge in [0, 0.05) is 12.7 Å². The highest BCUT2D eigenvalue weighted by atomic mass is 35.5. The molecule has 1 saturated carbocycles. The minimum Gasteiger partial charge on any atom is -0.484 e. The molecule has 7 heteroatoms. The maximum Gasteiger partial charge on any atom is 0.257 e. The van der Waals surface area contributed by atoms with E-state index in [1.807, 2.05) is 0 Å². The molecule has 1 aliphatic carbocycles. The Morgan fingerprint density at radius 2 is 1.86 bits per heavy atom. The average molecular weight is 328 g/mol. The predicted octanol–water partition coefficient (Wildman–Crippen LogP) is 1.17. The molecule has 0 bridgehead atoms. The molecule has 22 heavy (non-hydrogen) atoms. The van der Waals surface area contributed by atoms with Crippen LogP contribution in [0.5, 0.6) is 5.75 Å². The summed E-state index contributed by atoms with van der Waals surface area (Å²) < 4.78 is 5.28. The number of carbonyl (C=O) groups is 2. The molecule has 1 fully saturated rings. The van der Waals surface area contributed by atoms with Gasteiger partial charge in [-0.3, -0.25) is 9.59 Å². The van der Waals surface area contributed by atoms with Crippen molar-refractivity contribution in [1.29, 1.82) is 0 Å². The number of rotatable bonds is 8. The summed E-state index contributed by atoms with van der Waals surface area (Å²) in [5.41, 5.74) is 0.709. The summed E-state index contributed by atoms with van der Waals surface area (Å²) >= 11 is 0. The summed E-state index contributed by atoms with van der Waals surface area (Å²) in [5, 5.41) is 8.42. The molecule has 0 radical (unpaired) electrons. The van der Waals surface area contributed by atoms with E-state index in [1.54, 1.807) is 31.3 Å². The molecule has 0 spiro atoms. The number of halogens is 1. The molecule has 0 heterocycles. The number of likely N-dealkylation sites (N-methyl/N-ethyl adjacent to an activating group) is 1. The van der Waals surface area contributed by atoms with Crippen LogP contribution in [0.25, 0.3) is 0 Å². The lowest BCUT2D eigenvalue weighted by Crippen LogP contribution is -2.29. The second kappa shape index (κ2) is 9.27. The van der Waals surface area contributed by atoms with E-state index in [-0.39, 0.29) is 30.8 Å². The SMILES string of the molecule is CNC(=O)COc1ccc(NC(=O)CNCC2CC2)cc1.Cl. The van der Waals surface area contributed by atoms with E-state index in [4.69, 9.17) is 4.74 Å². The zero-order chi connectivity index (χ0) is 15.1. The van der Waals surface area contributed by atoms with Crippen LogP contribution in [0.1, 0.15) is 12.8 Å². The van der Waals surface area contributed by atoms with Gasteiger partial charge in [0.25, 0.3) is 5.91 Å². The van der Waals surface area contributed by atoms with Gasteiger partial charge in [-0.05, 0) is 49.6 Å². The van der Waals surface area contributed by atoms with Crippen molar-refractivity contribution in [2.45, 2.75) is 12.8 Å². The van der Waals surface area contributed by atoms with Crippen molar-refractivity contribution in [3.05, 3.63) is 24.3 Å². The Bertz CT molecular complexity index is 489. The first kappa shape index (κ1) is 18.3. The zero-order valence-corrected chi connectivity index (χ0v) is 13.4. The summed E-state index contributed by atoms with van der Waals surface area (Å²) in [6.45, 7) is 1.22. The number of hydrogen-bond donors (Lipinski definition) is 3. The Labute approximate surface area is 136 Å². The molecule has 122 valence electrons. The summed E-state index contributed by atoms with van der Waals surface area (Å²) in [4.78, 5) is 22.7. The second-order valence-electron chi connectivity index (χ2n) is 5.11. The normalized spacial score (nSPS) is 13.0. The van der Waals surface area contributed by atoms with Gasteiger partial charge in [-0.2, -0.15) is 0 Å². The number of anilines is 1. The molecule has 6 nitrogen and oxygen atoms in total. The fourth-order valence-corrected chi connectivity index (χ4v) is 1.77. The third kappa shape index (κ3) is 6.78. The average Bonchev–Trinajstić information content (AvgIpc) is 3.30. The van der Waals surface area contributed by atoms with Crippen LogP contribution in [0.3, 0.4) is 0 Å². The minimum absolute atomic E-state index is 0. The van der Waals surface area contributed by atoms with Crippen molar-refractivity contribution < 1.29 is 14.3 Å². The van der Waals surface area contributed by atoms with Gasteiger partial charge in [-0.15, -0.1) is 12.4 Å². The Morgan fingerprint density at radius 3 is 2.45 bits per heavy atom. The van der Waals surface area contributed by atoms with E-state index >= 15 is 0 Å². The number of carbonyl (C=O) groups excluding carboxylic acids is 2. The van der Waals surface area contributed by atoms with Gasteiger partial charge in [0.1, 0.15) is 5.75 Å². The number of amides is 2. The third-order valence-corrected chi connectivity index (χ3v) is 3.20. The lowest BCUT2D eigenvalue weighted by atomic mass is 10.3. The predicted molar refractivity (Wildman–Crippen MR) is 87.5 cm³/mol. The monoisotopic (exact) mass is 327 g/mol. The summed E-state index contributed by atoms with van der Waals surface area (Å²) in [6.07, 6.45) is 2.54. The van der Waals surface area contributed by atoms with Crippen LogP contribution in [0.2, 0.25) is 0 Å². The first-order valence-corrected chi connectivity index (χ1v) is 7.11. The van der Waals surface area contributed by atoms with Crippen LogP contribution < -0.4 is 20.7 Å². The first-order valence-electron chi connectivity index (χ1n) is 7.11. The first-order chi connectivity index (χ1) is 10.2. The maximum atomic E-state index is 11.7. The lowest BCUT2D eigenvalue weighted by molar-refractivity contribution is -0.122. The molecular weight excluding hydrogens is 306 g/mol. The third-order valence-electron chi connectivity index (χ3n) is 3.20. The largest absolute Gasteiger partial charge is 0.484 e. The van der Waals surface area contributed by atoms with E-state index in [0.717, 1.165) is 12.5 Å². The fourth-order valence-electron chi connectivity index (χ4n) is 1.77. The highest BCUT2D eigenvalue weighted by molar-refractivity contribution is 5.92.